The van der Waals surface area contributed by atoms with E-state index in [0.717, 1.165) is 27.5 Å². The monoisotopic (exact) mass is 469 g/mol. The highest BCUT2D eigenvalue weighted by Gasteiger charge is 2.14. The minimum atomic E-state index is 0.174. The van der Waals surface area contributed by atoms with Crippen LogP contribution in [-0.4, -0.2) is 15.0 Å². The number of fused-ring (bicyclic) bond motifs is 1. The van der Waals surface area contributed by atoms with Gasteiger partial charge in [0.2, 0.25) is 5.28 Å². The molecule has 0 N–H and O–H groups in total. The molecule has 0 saturated heterocycles. The van der Waals surface area contributed by atoms with Crippen LogP contribution in [-0.2, 0) is 0 Å². The fourth-order valence-electron chi connectivity index (χ4n) is 4.41. The molecule has 3 nitrogen and oxygen atoms in total. The van der Waals surface area contributed by atoms with Gasteiger partial charge in [-0.1, -0.05) is 115 Å². The lowest BCUT2D eigenvalue weighted by molar-refractivity contribution is 1.07. The number of halogens is 1. The van der Waals surface area contributed by atoms with Gasteiger partial charge in [0.15, 0.2) is 11.6 Å². The zero-order valence-electron chi connectivity index (χ0n) is 18.8. The molecule has 0 radical (unpaired) electrons. The first-order valence-electron chi connectivity index (χ1n) is 11.4. The molecule has 0 spiro atoms. The van der Waals surface area contributed by atoms with Crippen molar-refractivity contribution in [2.24, 2.45) is 0 Å². The average molecular weight is 470 g/mol. The zero-order valence-corrected chi connectivity index (χ0v) is 19.5. The molecule has 0 aliphatic rings. The van der Waals surface area contributed by atoms with Gasteiger partial charge in [-0.2, -0.15) is 9.97 Å². The normalized spacial score (nSPS) is 11.0. The van der Waals surface area contributed by atoms with Crippen molar-refractivity contribution in [3.63, 3.8) is 0 Å². The third kappa shape index (κ3) is 4.18. The van der Waals surface area contributed by atoms with Crippen molar-refractivity contribution in [2.45, 2.75) is 0 Å². The fraction of sp³-hybridized carbons (Fsp3) is 0. The quantitative estimate of drug-likeness (QED) is 0.260. The van der Waals surface area contributed by atoms with Crippen LogP contribution in [0.5, 0.6) is 0 Å². The fourth-order valence-corrected chi connectivity index (χ4v) is 4.57. The largest absolute Gasteiger partial charge is 0.226 e. The van der Waals surface area contributed by atoms with Gasteiger partial charge in [0, 0.05) is 11.1 Å². The predicted octanol–water partition coefficient (Wildman–Crippen LogP) is 8.35. The minimum absolute atomic E-state index is 0.174. The molecule has 0 saturated carbocycles. The summed E-state index contributed by atoms with van der Waals surface area (Å²) < 4.78 is 0. The molecule has 6 aromatic rings. The van der Waals surface area contributed by atoms with Crippen molar-refractivity contribution < 1.29 is 0 Å². The van der Waals surface area contributed by atoms with Gasteiger partial charge in [0.05, 0.1) is 0 Å². The van der Waals surface area contributed by atoms with E-state index in [1.165, 1.54) is 16.7 Å². The van der Waals surface area contributed by atoms with Crippen molar-refractivity contribution in [1.82, 2.24) is 15.0 Å². The molecule has 0 atom stereocenters. The lowest BCUT2D eigenvalue weighted by Gasteiger charge is -2.12. The SMILES string of the molecule is Clc1nc(-c2ccc(-c3ccccc3)cc2)nc(-c2ccc(-c3ccccc3)c3ccccc23)n1. The molecule has 0 bridgehead atoms. The van der Waals surface area contributed by atoms with Crippen LogP contribution in [0, 0.1) is 0 Å². The van der Waals surface area contributed by atoms with E-state index in [2.05, 4.69) is 88.8 Å². The number of aromatic nitrogens is 3. The van der Waals surface area contributed by atoms with E-state index in [9.17, 15) is 0 Å². The molecule has 1 heterocycles. The summed E-state index contributed by atoms with van der Waals surface area (Å²) in [5, 5.41) is 2.39. The van der Waals surface area contributed by atoms with E-state index < -0.39 is 0 Å². The maximum Gasteiger partial charge on any atom is 0.226 e. The first-order chi connectivity index (χ1) is 17.3. The number of rotatable bonds is 4. The number of nitrogens with zero attached hydrogens (tertiary/aromatic N) is 3. The highest BCUT2D eigenvalue weighted by Crippen LogP contribution is 2.35. The predicted molar refractivity (Wildman–Crippen MR) is 144 cm³/mol. The standard InChI is InChI=1S/C31H20ClN3/c32-31-34-29(24-17-15-22(16-18-24)21-9-3-1-4-10-21)33-30(35-31)28-20-19-25(23-11-5-2-6-12-23)26-13-7-8-14-27(26)28/h1-20H. The minimum Gasteiger partial charge on any atom is -0.208 e. The van der Waals surface area contributed by atoms with Crippen LogP contribution in [0.3, 0.4) is 0 Å². The Bertz CT molecular complexity index is 1630. The van der Waals surface area contributed by atoms with E-state index >= 15 is 0 Å². The Balaban J connectivity index is 1.44. The van der Waals surface area contributed by atoms with Gasteiger partial charge in [-0.05, 0) is 50.7 Å². The van der Waals surface area contributed by atoms with Crippen molar-refractivity contribution in [1.29, 1.82) is 0 Å². The molecule has 0 amide bonds. The average Bonchev–Trinajstić information content (AvgIpc) is 2.93. The lowest BCUT2D eigenvalue weighted by Crippen LogP contribution is -1.98. The third-order valence-corrected chi connectivity index (χ3v) is 6.28. The van der Waals surface area contributed by atoms with Crippen LogP contribution < -0.4 is 0 Å². The van der Waals surface area contributed by atoms with Crippen LogP contribution in [0.2, 0.25) is 5.28 Å². The van der Waals surface area contributed by atoms with Crippen LogP contribution in [0.25, 0.3) is 55.8 Å². The van der Waals surface area contributed by atoms with E-state index in [1.54, 1.807) is 0 Å². The molecule has 0 unspecified atom stereocenters. The molecule has 0 fully saturated rings. The Hall–Kier alpha value is -4.34. The Morgan fingerprint density at radius 2 is 0.857 bits per heavy atom. The van der Waals surface area contributed by atoms with Gasteiger partial charge in [0.25, 0.3) is 0 Å². The van der Waals surface area contributed by atoms with Crippen molar-refractivity contribution >= 4 is 22.4 Å². The van der Waals surface area contributed by atoms with E-state index in [4.69, 9.17) is 16.6 Å². The molecular formula is C31H20ClN3. The highest BCUT2D eigenvalue weighted by molar-refractivity contribution is 6.28. The van der Waals surface area contributed by atoms with E-state index in [0.29, 0.717) is 11.6 Å². The summed E-state index contributed by atoms with van der Waals surface area (Å²) in [7, 11) is 0. The molecule has 4 heteroatoms. The second-order valence-corrected chi connectivity index (χ2v) is 8.61. The van der Waals surface area contributed by atoms with Crippen molar-refractivity contribution in [2.75, 3.05) is 0 Å². The van der Waals surface area contributed by atoms with Gasteiger partial charge in [0.1, 0.15) is 0 Å². The topological polar surface area (TPSA) is 38.7 Å². The summed E-state index contributed by atoms with van der Waals surface area (Å²) >= 11 is 6.39. The Labute approximate surface area is 208 Å². The van der Waals surface area contributed by atoms with E-state index in [1.807, 2.05) is 42.5 Å². The summed E-state index contributed by atoms with van der Waals surface area (Å²) in [4.78, 5) is 13.7. The van der Waals surface area contributed by atoms with Crippen LogP contribution in [0.4, 0.5) is 0 Å². The Morgan fingerprint density at radius 3 is 1.54 bits per heavy atom. The maximum absolute atomic E-state index is 6.39. The third-order valence-electron chi connectivity index (χ3n) is 6.11. The molecule has 5 aromatic carbocycles. The summed E-state index contributed by atoms with van der Waals surface area (Å²) in [5.41, 5.74) is 6.45. The second-order valence-electron chi connectivity index (χ2n) is 8.27. The Kier molecular flexibility index (Phi) is 5.53. The van der Waals surface area contributed by atoms with Crippen LogP contribution >= 0.6 is 11.6 Å². The Morgan fingerprint density at radius 1 is 0.371 bits per heavy atom. The van der Waals surface area contributed by atoms with Crippen LogP contribution in [0.1, 0.15) is 0 Å². The van der Waals surface area contributed by atoms with E-state index in [-0.39, 0.29) is 5.28 Å². The van der Waals surface area contributed by atoms with Gasteiger partial charge < -0.3 is 0 Å². The zero-order chi connectivity index (χ0) is 23.6. The molecule has 0 aliphatic carbocycles. The van der Waals surface area contributed by atoms with Crippen molar-refractivity contribution in [3.8, 4) is 45.0 Å². The first-order valence-corrected chi connectivity index (χ1v) is 11.8. The summed E-state index contributed by atoms with van der Waals surface area (Å²) in [6, 6.07) is 41.4. The number of benzene rings is 5. The molecular weight excluding hydrogens is 450 g/mol. The maximum atomic E-state index is 6.39. The second kappa shape index (κ2) is 9.13. The smallest absolute Gasteiger partial charge is 0.208 e. The van der Waals surface area contributed by atoms with Gasteiger partial charge >= 0.3 is 0 Å². The summed E-state index contributed by atoms with van der Waals surface area (Å²) in [6.07, 6.45) is 0. The molecule has 6 rings (SSSR count). The molecule has 166 valence electrons. The van der Waals surface area contributed by atoms with Gasteiger partial charge in [-0.3, -0.25) is 0 Å². The summed E-state index contributed by atoms with van der Waals surface area (Å²) in [6.45, 7) is 0. The van der Waals surface area contributed by atoms with Gasteiger partial charge in [-0.25, -0.2) is 4.98 Å². The van der Waals surface area contributed by atoms with Gasteiger partial charge in [-0.15, -0.1) is 0 Å². The lowest BCUT2D eigenvalue weighted by atomic mass is 9.95. The highest BCUT2D eigenvalue weighted by atomic mass is 35.5. The molecule has 1 aromatic heterocycles. The van der Waals surface area contributed by atoms with Crippen LogP contribution in [0.15, 0.2) is 121 Å². The van der Waals surface area contributed by atoms with Crippen molar-refractivity contribution in [3.05, 3.63) is 127 Å². The number of hydrogen-bond acceptors (Lipinski definition) is 3. The first kappa shape index (κ1) is 21.2. The molecule has 0 aliphatic heterocycles. The molecule has 35 heavy (non-hydrogen) atoms. The number of hydrogen-bond donors (Lipinski definition) is 0. The summed E-state index contributed by atoms with van der Waals surface area (Å²) in [5.74, 6) is 1.11.